The van der Waals surface area contributed by atoms with Gasteiger partial charge in [0.2, 0.25) is 0 Å². The summed E-state index contributed by atoms with van der Waals surface area (Å²) in [6, 6.07) is 6.32. The second kappa shape index (κ2) is 3.34. The third-order valence-electron chi connectivity index (χ3n) is 3.72. The highest BCUT2D eigenvalue weighted by atomic mass is 16.3. The Bertz CT molecular complexity index is 379. The van der Waals surface area contributed by atoms with E-state index in [9.17, 15) is 5.11 Å². The molecule has 0 bridgehead atoms. The zero-order chi connectivity index (χ0) is 11.2. The Morgan fingerprint density at radius 3 is 2.47 bits per heavy atom. The van der Waals surface area contributed by atoms with Gasteiger partial charge in [-0.05, 0) is 42.7 Å². The minimum atomic E-state index is -0.278. The molecule has 1 aromatic carbocycles. The van der Waals surface area contributed by atoms with Crippen LogP contribution in [0.1, 0.15) is 43.1 Å². The normalized spacial score (nSPS) is 25.0. The topological polar surface area (TPSA) is 20.2 Å². The second-order valence-electron chi connectivity index (χ2n) is 5.60. The molecule has 15 heavy (non-hydrogen) atoms. The number of aliphatic hydroxyl groups is 1. The maximum Gasteiger partial charge on any atom is 0.0826 e. The van der Waals surface area contributed by atoms with Gasteiger partial charge in [-0.15, -0.1) is 0 Å². The van der Waals surface area contributed by atoms with Gasteiger partial charge in [-0.25, -0.2) is 0 Å². The van der Waals surface area contributed by atoms with E-state index in [4.69, 9.17) is 0 Å². The lowest BCUT2D eigenvalue weighted by Gasteiger charge is -2.16. The summed E-state index contributed by atoms with van der Waals surface area (Å²) >= 11 is 0. The first-order valence-electron chi connectivity index (χ1n) is 5.67. The molecule has 1 saturated carbocycles. The van der Waals surface area contributed by atoms with Gasteiger partial charge in [0.05, 0.1) is 6.10 Å². The molecule has 0 saturated heterocycles. The molecule has 1 nitrogen and oxygen atoms in total. The summed E-state index contributed by atoms with van der Waals surface area (Å²) in [5.74, 6) is 0.443. The smallest absolute Gasteiger partial charge is 0.0826 e. The molecule has 82 valence electrons. The minimum absolute atomic E-state index is 0.278. The zero-order valence-corrected chi connectivity index (χ0v) is 10.0. The van der Waals surface area contributed by atoms with Gasteiger partial charge in [-0.3, -0.25) is 0 Å². The second-order valence-corrected chi connectivity index (χ2v) is 5.60. The highest BCUT2D eigenvalue weighted by Crippen LogP contribution is 2.57. The molecule has 0 aliphatic heterocycles. The summed E-state index contributed by atoms with van der Waals surface area (Å²) in [5.41, 5.74) is 3.88. The summed E-state index contributed by atoms with van der Waals surface area (Å²) in [6.07, 6.45) is 0.863. The van der Waals surface area contributed by atoms with E-state index >= 15 is 0 Å². The molecule has 1 aromatic rings. The van der Waals surface area contributed by atoms with Crippen molar-refractivity contribution >= 4 is 0 Å². The van der Waals surface area contributed by atoms with Gasteiger partial charge in [-0.1, -0.05) is 37.6 Å². The van der Waals surface area contributed by atoms with E-state index < -0.39 is 0 Å². The molecule has 1 fully saturated rings. The molecule has 1 aliphatic carbocycles. The Kier molecular flexibility index (Phi) is 2.38. The molecule has 1 heteroatoms. The fraction of sp³-hybridized carbons (Fsp3) is 0.571. The zero-order valence-electron chi connectivity index (χ0n) is 10.0. The van der Waals surface area contributed by atoms with E-state index in [2.05, 4.69) is 45.9 Å². The molecule has 0 radical (unpaired) electrons. The Hall–Kier alpha value is -0.820. The van der Waals surface area contributed by atoms with Crippen molar-refractivity contribution < 1.29 is 5.11 Å². The third kappa shape index (κ3) is 1.93. The summed E-state index contributed by atoms with van der Waals surface area (Å²) in [6.45, 7) is 8.61. The molecule has 0 heterocycles. The third-order valence-corrected chi connectivity index (χ3v) is 3.72. The van der Waals surface area contributed by atoms with Crippen LogP contribution in [0.2, 0.25) is 0 Å². The molecule has 2 rings (SSSR count). The lowest BCUT2D eigenvalue weighted by molar-refractivity contribution is 0.137. The summed E-state index contributed by atoms with van der Waals surface area (Å²) < 4.78 is 0. The van der Waals surface area contributed by atoms with Crippen LogP contribution in [0.15, 0.2) is 18.2 Å². The van der Waals surface area contributed by atoms with Crippen LogP contribution in [-0.2, 0) is 0 Å². The fourth-order valence-corrected chi connectivity index (χ4v) is 2.34. The molecule has 2 unspecified atom stereocenters. The Morgan fingerprint density at radius 1 is 1.33 bits per heavy atom. The van der Waals surface area contributed by atoms with E-state index in [-0.39, 0.29) is 6.10 Å². The van der Waals surface area contributed by atoms with Gasteiger partial charge in [0.25, 0.3) is 0 Å². The van der Waals surface area contributed by atoms with Crippen LogP contribution in [0.5, 0.6) is 0 Å². The maximum atomic E-state index is 10.3. The van der Waals surface area contributed by atoms with Crippen LogP contribution >= 0.6 is 0 Å². The summed E-state index contributed by atoms with van der Waals surface area (Å²) in [5, 5.41) is 10.3. The summed E-state index contributed by atoms with van der Waals surface area (Å²) in [4.78, 5) is 0. The Labute approximate surface area is 92.1 Å². The van der Waals surface area contributed by atoms with Crippen molar-refractivity contribution in [3.05, 3.63) is 34.9 Å². The largest absolute Gasteiger partial charge is 0.388 e. The molecular formula is C14H20O. The van der Waals surface area contributed by atoms with Crippen LogP contribution in [0, 0.1) is 25.2 Å². The van der Waals surface area contributed by atoms with Crippen molar-refractivity contribution in [1.82, 2.24) is 0 Å². The van der Waals surface area contributed by atoms with Gasteiger partial charge < -0.3 is 5.11 Å². The fourth-order valence-electron chi connectivity index (χ4n) is 2.34. The summed E-state index contributed by atoms with van der Waals surface area (Å²) in [7, 11) is 0. The van der Waals surface area contributed by atoms with Crippen LogP contribution in [-0.4, -0.2) is 5.11 Å². The SMILES string of the molecule is Cc1ccc(C)c(C(O)C2CC2(C)C)c1. The molecule has 1 N–H and O–H groups in total. The van der Waals surface area contributed by atoms with Crippen LogP contribution in [0.4, 0.5) is 0 Å². The highest BCUT2D eigenvalue weighted by molar-refractivity contribution is 5.33. The molecule has 0 aromatic heterocycles. The van der Waals surface area contributed by atoms with Crippen molar-refractivity contribution in [2.75, 3.05) is 0 Å². The van der Waals surface area contributed by atoms with Crippen LogP contribution < -0.4 is 0 Å². The maximum absolute atomic E-state index is 10.3. The average Bonchev–Trinajstić information content (AvgIpc) is 2.78. The Balaban J connectivity index is 2.26. The lowest BCUT2D eigenvalue weighted by atomic mass is 9.95. The average molecular weight is 204 g/mol. The first kappa shape index (κ1) is 10.7. The molecule has 1 aliphatic rings. The van der Waals surface area contributed by atoms with Crippen molar-refractivity contribution in [2.45, 2.75) is 40.2 Å². The van der Waals surface area contributed by atoms with Crippen LogP contribution in [0.25, 0.3) is 0 Å². The van der Waals surface area contributed by atoms with E-state index in [1.807, 2.05) is 0 Å². The van der Waals surface area contributed by atoms with Crippen LogP contribution in [0.3, 0.4) is 0 Å². The van der Waals surface area contributed by atoms with Gasteiger partial charge >= 0.3 is 0 Å². The number of rotatable bonds is 2. The van der Waals surface area contributed by atoms with E-state index in [1.165, 1.54) is 11.1 Å². The number of benzene rings is 1. The van der Waals surface area contributed by atoms with Crippen molar-refractivity contribution in [2.24, 2.45) is 11.3 Å². The van der Waals surface area contributed by atoms with Gasteiger partial charge in [0, 0.05) is 0 Å². The monoisotopic (exact) mass is 204 g/mol. The molecular weight excluding hydrogens is 184 g/mol. The predicted molar refractivity (Wildman–Crippen MR) is 62.8 cm³/mol. The number of hydrogen-bond acceptors (Lipinski definition) is 1. The number of hydrogen-bond donors (Lipinski definition) is 1. The minimum Gasteiger partial charge on any atom is -0.388 e. The van der Waals surface area contributed by atoms with E-state index in [0.29, 0.717) is 11.3 Å². The van der Waals surface area contributed by atoms with Gasteiger partial charge in [0.15, 0.2) is 0 Å². The van der Waals surface area contributed by atoms with E-state index in [1.54, 1.807) is 0 Å². The van der Waals surface area contributed by atoms with Crippen molar-refractivity contribution in [3.8, 4) is 0 Å². The predicted octanol–water partition coefficient (Wildman–Crippen LogP) is 3.38. The lowest BCUT2D eigenvalue weighted by Crippen LogP contribution is -2.06. The van der Waals surface area contributed by atoms with Gasteiger partial charge in [-0.2, -0.15) is 0 Å². The first-order chi connectivity index (χ1) is 6.92. The van der Waals surface area contributed by atoms with E-state index in [0.717, 1.165) is 12.0 Å². The Morgan fingerprint density at radius 2 is 1.93 bits per heavy atom. The standard InChI is InChI=1S/C14H20O/c1-9-5-6-10(2)11(7-9)13(15)12-8-14(12,3)4/h5-7,12-13,15H,8H2,1-4H3. The molecule has 0 spiro atoms. The number of aliphatic hydroxyl groups excluding tert-OH is 1. The quantitative estimate of drug-likeness (QED) is 0.783. The van der Waals surface area contributed by atoms with Crippen molar-refractivity contribution in [3.63, 3.8) is 0 Å². The van der Waals surface area contributed by atoms with Gasteiger partial charge in [0.1, 0.15) is 0 Å². The van der Waals surface area contributed by atoms with Crippen molar-refractivity contribution in [1.29, 1.82) is 0 Å². The molecule has 2 atom stereocenters. The molecule has 0 amide bonds. The number of aryl methyl sites for hydroxylation is 2. The highest BCUT2D eigenvalue weighted by Gasteiger charge is 2.50. The first-order valence-corrected chi connectivity index (χ1v) is 5.67.